The summed E-state index contributed by atoms with van der Waals surface area (Å²) < 4.78 is 30.1. The van der Waals surface area contributed by atoms with Gasteiger partial charge in [0.05, 0.1) is 12.9 Å². The van der Waals surface area contributed by atoms with Crippen LogP contribution in [-0.4, -0.2) is 50.5 Å². The molecule has 0 radical (unpaired) electrons. The smallest absolute Gasteiger partial charge is 0.321 e. The molecule has 0 amide bonds. The molecule has 0 atom stereocenters. The number of hydrogen-bond donors (Lipinski definition) is 0. The topological polar surface area (TPSA) is 63.7 Å². The highest BCUT2D eigenvalue weighted by Crippen LogP contribution is 2.14. The Morgan fingerprint density at radius 1 is 1.32 bits per heavy atom. The number of hydrogen-bond acceptors (Lipinski definition) is 4. The Morgan fingerprint density at radius 2 is 1.89 bits per heavy atom. The van der Waals surface area contributed by atoms with Crippen molar-refractivity contribution >= 4 is 27.6 Å². The molecule has 0 bridgehead atoms. The van der Waals surface area contributed by atoms with E-state index in [4.69, 9.17) is 11.6 Å². The first-order valence-corrected chi connectivity index (χ1v) is 8.66. The van der Waals surface area contributed by atoms with Gasteiger partial charge >= 0.3 is 5.97 Å². The average molecular weight is 314 g/mol. The van der Waals surface area contributed by atoms with Crippen LogP contribution in [0.2, 0.25) is 0 Å². The Kier molecular flexibility index (Phi) is 9.39. The molecular weight excluding hydrogens is 290 g/mol. The van der Waals surface area contributed by atoms with E-state index >= 15 is 0 Å². The third-order valence-corrected chi connectivity index (χ3v) is 5.22. The molecule has 5 nitrogen and oxygen atoms in total. The van der Waals surface area contributed by atoms with E-state index in [9.17, 15) is 13.2 Å². The maximum atomic E-state index is 12.2. The van der Waals surface area contributed by atoms with E-state index in [-0.39, 0.29) is 24.1 Å². The van der Waals surface area contributed by atoms with Crippen molar-refractivity contribution in [2.24, 2.45) is 5.92 Å². The molecular formula is C12H24ClNO4S. The van der Waals surface area contributed by atoms with Crippen LogP contribution in [0.15, 0.2) is 0 Å². The quantitative estimate of drug-likeness (QED) is 0.456. The number of carbonyl (C=O) groups excluding carboxylic acids is 1. The van der Waals surface area contributed by atoms with E-state index in [1.54, 1.807) is 0 Å². The molecule has 0 unspecified atom stereocenters. The number of methoxy groups -OCH3 is 1. The van der Waals surface area contributed by atoms with Crippen molar-refractivity contribution in [2.75, 3.05) is 31.8 Å². The van der Waals surface area contributed by atoms with Gasteiger partial charge < -0.3 is 4.74 Å². The van der Waals surface area contributed by atoms with E-state index in [2.05, 4.69) is 4.74 Å². The molecule has 0 aliphatic carbocycles. The third-order valence-electron chi connectivity index (χ3n) is 3.08. The lowest BCUT2D eigenvalue weighted by Gasteiger charge is -2.25. The molecule has 0 heterocycles. The van der Waals surface area contributed by atoms with Crippen LogP contribution in [0.1, 0.15) is 33.1 Å². The van der Waals surface area contributed by atoms with Gasteiger partial charge in [0.2, 0.25) is 10.0 Å². The lowest BCUT2D eigenvalue weighted by molar-refractivity contribution is -0.140. The summed E-state index contributed by atoms with van der Waals surface area (Å²) >= 11 is 5.53. The fourth-order valence-corrected chi connectivity index (χ4v) is 3.49. The van der Waals surface area contributed by atoms with Gasteiger partial charge in [-0.3, -0.25) is 4.79 Å². The number of nitrogens with zero attached hydrogens (tertiary/aromatic N) is 1. The molecule has 0 spiro atoms. The average Bonchev–Trinajstić information content (AvgIpc) is 2.40. The van der Waals surface area contributed by atoms with Gasteiger partial charge in [0.15, 0.2) is 0 Å². The van der Waals surface area contributed by atoms with Gasteiger partial charge in [-0.15, -0.1) is 11.6 Å². The minimum absolute atomic E-state index is 0.0341. The summed E-state index contributed by atoms with van der Waals surface area (Å²) in [6.45, 7) is 4.15. The summed E-state index contributed by atoms with van der Waals surface area (Å²) in [4.78, 5) is 11.3. The number of carbonyl (C=O) groups is 1. The first kappa shape index (κ1) is 18.7. The van der Waals surface area contributed by atoms with Gasteiger partial charge in [-0.1, -0.05) is 26.7 Å². The zero-order valence-corrected chi connectivity index (χ0v) is 13.5. The molecule has 0 saturated heterocycles. The molecule has 19 heavy (non-hydrogen) atoms. The number of sulfonamides is 1. The lowest BCUT2D eigenvalue weighted by atomic mass is 10.0. The number of esters is 1. The second-order valence-electron chi connectivity index (χ2n) is 4.41. The first-order chi connectivity index (χ1) is 8.91. The van der Waals surface area contributed by atoms with Crippen molar-refractivity contribution in [3.05, 3.63) is 0 Å². The van der Waals surface area contributed by atoms with Crippen molar-refractivity contribution in [3.8, 4) is 0 Å². The summed E-state index contributed by atoms with van der Waals surface area (Å²) in [6, 6.07) is 0. The molecule has 0 aliphatic heterocycles. The number of alkyl halides is 1. The molecule has 0 rings (SSSR count). The van der Waals surface area contributed by atoms with Gasteiger partial charge in [0.25, 0.3) is 0 Å². The largest absolute Gasteiger partial charge is 0.468 e. The van der Waals surface area contributed by atoms with Crippen LogP contribution in [-0.2, 0) is 19.6 Å². The highest BCUT2D eigenvalue weighted by Gasteiger charge is 2.26. The van der Waals surface area contributed by atoms with E-state index < -0.39 is 16.0 Å². The maximum Gasteiger partial charge on any atom is 0.321 e. The zero-order chi connectivity index (χ0) is 14.9. The van der Waals surface area contributed by atoms with Crippen LogP contribution in [0, 0.1) is 5.92 Å². The Labute approximate surface area is 121 Å². The standard InChI is InChI=1S/C12H24ClNO4S/c1-4-11(5-2)9-14(10-12(15)18-3)19(16,17)8-6-7-13/h11H,4-10H2,1-3H3. The second kappa shape index (κ2) is 9.55. The van der Waals surface area contributed by atoms with Crippen molar-refractivity contribution < 1.29 is 17.9 Å². The Hall–Kier alpha value is -0.330. The maximum absolute atomic E-state index is 12.2. The Balaban J connectivity index is 4.88. The predicted molar refractivity (Wildman–Crippen MR) is 76.8 cm³/mol. The molecule has 0 aromatic rings. The van der Waals surface area contributed by atoms with Crippen LogP contribution < -0.4 is 0 Å². The van der Waals surface area contributed by atoms with Crippen molar-refractivity contribution in [1.29, 1.82) is 0 Å². The minimum Gasteiger partial charge on any atom is -0.468 e. The number of ether oxygens (including phenoxy) is 1. The normalized spacial score (nSPS) is 12.1. The Bertz CT molecular complexity index is 355. The van der Waals surface area contributed by atoms with Crippen molar-refractivity contribution in [1.82, 2.24) is 4.31 Å². The SMILES string of the molecule is CCC(CC)CN(CC(=O)OC)S(=O)(=O)CCCCl. The van der Waals surface area contributed by atoms with Crippen LogP contribution in [0.4, 0.5) is 0 Å². The second-order valence-corrected chi connectivity index (χ2v) is 6.88. The molecule has 0 aliphatic rings. The van der Waals surface area contributed by atoms with Crippen LogP contribution in [0.25, 0.3) is 0 Å². The van der Waals surface area contributed by atoms with Gasteiger partial charge in [0.1, 0.15) is 6.54 Å². The fraction of sp³-hybridized carbons (Fsp3) is 0.917. The van der Waals surface area contributed by atoms with E-state index in [1.165, 1.54) is 11.4 Å². The number of halogens is 1. The molecule has 0 aromatic carbocycles. The Morgan fingerprint density at radius 3 is 2.32 bits per heavy atom. The van der Waals surface area contributed by atoms with Crippen molar-refractivity contribution in [2.45, 2.75) is 33.1 Å². The highest BCUT2D eigenvalue weighted by molar-refractivity contribution is 7.89. The van der Waals surface area contributed by atoms with Crippen LogP contribution in [0.3, 0.4) is 0 Å². The van der Waals surface area contributed by atoms with Gasteiger partial charge in [-0.05, 0) is 12.3 Å². The summed E-state index contributed by atoms with van der Waals surface area (Å²) in [5.74, 6) is -0.0416. The summed E-state index contributed by atoms with van der Waals surface area (Å²) in [7, 11) is -2.20. The summed E-state index contributed by atoms with van der Waals surface area (Å²) in [5.41, 5.74) is 0. The monoisotopic (exact) mass is 313 g/mol. The minimum atomic E-state index is -3.46. The third kappa shape index (κ3) is 7.13. The molecule has 0 aromatic heterocycles. The van der Waals surface area contributed by atoms with Crippen molar-refractivity contribution in [3.63, 3.8) is 0 Å². The molecule has 0 N–H and O–H groups in total. The van der Waals surface area contributed by atoms with Crippen LogP contribution in [0.5, 0.6) is 0 Å². The fourth-order valence-electron chi connectivity index (χ4n) is 1.69. The van der Waals surface area contributed by atoms with E-state index in [0.29, 0.717) is 13.0 Å². The molecule has 114 valence electrons. The number of rotatable bonds is 10. The predicted octanol–water partition coefficient (Wildman–Crippen LogP) is 1.86. The lowest BCUT2D eigenvalue weighted by Crippen LogP contribution is -2.40. The van der Waals surface area contributed by atoms with Gasteiger partial charge in [-0.2, -0.15) is 4.31 Å². The van der Waals surface area contributed by atoms with Gasteiger partial charge in [0, 0.05) is 12.4 Å². The molecule has 0 saturated carbocycles. The van der Waals surface area contributed by atoms with E-state index in [1.807, 2.05) is 13.8 Å². The summed E-state index contributed by atoms with van der Waals surface area (Å²) in [5, 5.41) is 0. The van der Waals surface area contributed by atoms with Crippen LogP contribution >= 0.6 is 11.6 Å². The van der Waals surface area contributed by atoms with E-state index in [0.717, 1.165) is 12.8 Å². The first-order valence-electron chi connectivity index (χ1n) is 6.51. The zero-order valence-electron chi connectivity index (χ0n) is 11.9. The highest BCUT2D eigenvalue weighted by atomic mass is 35.5. The molecule has 7 heteroatoms. The van der Waals surface area contributed by atoms with Gasteiger partial charge in [-0.25, -0.2) is 8.42 Å². The summed E-state index contributed by atoms with van der Waals surface area (Å²) in [6.07, 6.45) is 2.13. The molecule has 0 fully saturated rings.